The van der Waals surface area contributed by atoms with E-state index >= 15 is 0 Å². The lowest BCUT2D eigenvalue weighted by molar-refractivity contribution is 0.0310. The molecule has 2 aromatic heterocycles. The third-order valence-corrected chi connectivity index (χ3v) is 13.1. The fourth-order valence-electron chi connectivity index (χ4n) is 4.78. The number of nitriles is 1. The van der Waals surface area contributed by atoms with Crippen LogP contribution in [0.5, 0.6) is 5.88 Å². The lowest BCUT2D eigenvalue weighted by Crippen LogP contribution is -2.45. The molecule has 5 rings (SSSR count). The van der Waals surface area contributed by atoms with Crippen molar-refractivity contribution in [2.24, 2.45) is 5.41 Å². The molecule has 0 saturated carbocycles. The number of benzene rings is 1. The zero-order valence-corrected chi connectivity index (χ0v) is 25.4. The zero-order valence-electron chi connectivity index (χ0n) is 24.4. The molecule has 40 heavy (non-hydrogen) atoms. The highest BCUT2D eigenvalue weighted by molar-refractivity contribution is 6.74. The van der Waals surface area contributed by atoms with Gasteiger partial charge in [-0.25, -0.2) is 14.6 Å². The summed E-state index contributed by atoms with van der Waals surface area (Å²) in [5, 5.41) is 30.9. The van der Waals surface area contributed by atoms with Gasteiger partial charge in [0.2, 0.25) is 11.8 Å². The van der Waals surface area contributed by atoms with E-state index in [2.05, 4.69) is 73.6 Å². The van der Waals surface area contributed by atoms with Crippen LogP contribution in [0, 0.1) is 16.7 Å². The van der Waals surface area contributed by atoms with Crippen LogP contribution in [-0.4, -0.2) is 59.5 Å². The first-order valence-corrected chi connectivity index (χ1v) is 16.5. The lowest BCUT2D eigenvalue weighted by Gasteiger charge is -2.39. The van der Waals surface area contributed by atoms with Gasteiger partial charge in [-0.3, -0.25) is 0 Å². The third-order valence-electron chi connectivity index (χ3n) is 8.58. The van der Waals surface area contributed by atoms with Crippen molar-refractivity contribution in [3.05, 3.63) is 41.7 Å². The normalized spacial score (nSPS) is 22.1. The van der Waals surface area contributed by atoms with Gasteiger partial charge in [-0.2, -0.15) is 10.4 Å². The second-order valence-electron chi connectivity index (χ2n) is 13.2. The zero-order chi connectivity index (χ0) is 28.9. The van der Waals surface area contributed by atoms with E-state index < -0.39 is 8.32 Å². The Hall–Kier alpha value is -3.46. The number of nitrogens with one attached hydrogen (secondary N) is 2. The van der Waals surface area contributed by atoms with Crippen molar-refractivity contribution in [1.29, 1.82) is 5.26 Å². The Morgan fingerprint density at radius 2 is 2.08 bits per heavy atom. The van der Waals surface area contributed by atoms with Gasteiger partial charge >= 0.3 is 0 Å². The summed E-state index contributed by atoms with van der Waals surface area (Å²) in [6.45, 7) is 17.7. The molecule has 10 nitrogen and oxygen atoms in total. The highest BCUT2D eigenvalue weighted by Crippen LogP contribution is 2.44. The third kappa shape index (κ3) is 5.07. The molecule has 0 radical (unpaired) electrons. The van der Waals surface area contributed by atoms with Crippen LogP contribution in [0.15, 0.2) is 30.6 Å². The SMILES string of the molecule is CC1(CO)COc2c(Nc3nccc(-c4cc(C#N)c5c(c4)[C@@](C)(CO[Si](C)(C)C(C)(C)C)CN5)n3)cnn2C1. The van der Waals surface area contributed by atoms with Crippen LogP contribution < -0.4 is 15.4 Å². The van der Waals surface area contributed by atoms with Crippen LogP contribution >= 0.6 is 0 Å². The minimum absolute atomic E-state index is 0.0165. The van der Waals surface area contributed by atoms with Gasteiger partial charge in [0, 0.05) is 35.7 Å². The molecule has 0 aliphatic carbocycles. The molecule has 4 heterocycles. The molecule has 0 spiro atoms. The predicted molar refractivity (Wildman–Crippen MR) is 157 cm³/mol. The first-order valence-electron chi connectivity index (χ1n) is 13.6. The topological polar surface area (TPSA) is 130 Å². The van der Waals surface area contributed by atoms with Crippen LogP contribution in [-0.2, 0) is 16.4 Å². The Labute approximate surface area is 236 Å². The van der Waals surface area contributed by atoms with Crippen molar-refractivity contribution in [1.82, 2.24) is 19.7 Å². The average Bonchev–Trinajstić information content (AvgIpc) is 3.47. The Bertz CT molecular complexity index is 1480. The fraction of sp³-hybridized carbons (Fsp3) is 0.517. The summed E-state index contributed by atoms with van der Waals surface area (Å²) in [5.41, 5.74) is 4.07. The summed E-state index contributed by atoms with van der Waals surface area (Å²) >= 11 is 0. The molecule has 1 unspecified atom stereocenters. The van der Waals surface area contributed by atoms with E-state index in [-0.39, 0.29) is 22.5 Å². The van der Waals surface area contributed by atoms with Gasteiger partial charge in [0.1, 0.15) is 11.8 Å². The van der Waals surface area contributed by atoms with Crippen molar-refractivity contribution in [3.63, 3.8) is 0 Å². The monoisotopic (exact) mass is 561 g/mol. The van der Waals surface area contributed by atoms with Crippen molar-refractivity contribution >= 4 is 25.6 Å². The first-order chi connectivity index (χ1) is 18.8. The Morgan fingerprint density at radius 3 is 2.77 bits per heavy atom. The quantitative estimate of drug-likeness (QED) is 0.339. The maximum Gasteiger partial charge on any atom is 0.236 e. The van der Waals surface area contributed by atoms with Crippen LogP contribution in [0.3, 0.4) is 0 Å². The van der Waals surface area contributed by atoms with E-state index in [0.29, 0.717) is 55.1 Å². The van der Waals surface area contributed by atoms with Gasteiger partial charge < -0.3 is 24.9 Å². The van der Waals surface area contributed by atoms with Gasteiger partial charge in [-0.1, -0.05) is 34.6 Å². The summed E-state index contributed by atoms with van der Waals surface area (Å²) in [6, 6.07) is 8.21. The van der Waals surface area contributed by atoms with Crippen LogP contribution in [0.25, 0.3) is 11.3 Å². The standard InChI is InChI=1S/C29H39N7O3Si/c1-27(2,3)40(6,7)39-18-29(5)14-32-24-20(12-30)10-19(11-21(24)29)22-8-9-31-26(34-22)35-23-13-33-36-15-28(4,16-37)17-38-25(23)36/h8-11,13,32,37H,14-18H2,1-7H3,(H,31,34,35)/t28?,29-/m1/s1. The number of aliphatic hydroxyl groups is 1. The number of anilines is 3. The van der Waals surface area contributed by atoms with Gasteiger partial charge in [-0.15, -0.1) is 0 Å². The summed E-state index contributed by atoms with van der Waals surface area (Å²) in [5.74, 6) is 0.987. The first kappa shape index (κ1) is 28.1. The van der Waals surface area contributed by atoms with Crippen LogP contribution in [0.1, 0.15) is 45.7 Å². The van der Waals surface area contributed by atoms with Crippen LogP contribution in [0.4, 0.5) is 17.3 Å². The maximum atomic E-state index is 10.0. The van der Waals surface area contributed by atoms with Gasteiger partial charge in [0.05, 0.1) is 42.9 Å². The van der Waals surface area contributed by atoms with E-state index in [4.69, 9.17) is 14.1 Å². The molecule has 0 saturated heterocycles. The Kier molecular flexibility index (Phi) is 6.93. The van der Waals surface area contributed by atoms with Gasteiger partial charge in [0.15, 0.2) is 8.32 Å². The van der Waals surface area contributed by atoms with Gasteiger partial charge in [0.25, 0.3) is 0 Å². The molecule has 2 aliphatic rings. The van der Waals surface area contributed by atoms with E-state index in [1.807, 2.05) is 19.1 Å². The number of rotatable bonds is 7. The summed E-state index contributed by atoms with van der Waals surface area (Å²) in [6.07, 6.45) is 3.37. The molecular weight excluding hydrogens is 522 g/mol. The van der Waals surface area contributed by atoms with E-state index in [9.17, 15) is 10.4 Å². The molecular formula is C29H39N7O3Si. The molecule has 1 aromatic carbocycles. The van der Waals surface area contributed by atoms with Gasteiger partial charge in [-0.05, 0) is 41.9 Å². The van der Waals surface area contributed by atoms with Crippen molar-refractivity contribution in [2.75, 3.05) is 37.0 Å². The Balaban J connectivity index is 1.43. The lowest BCUT2D eigenvalue weighted by atomic mass is 9.83. The summed E-state index contributed by atoms with van der Waals surface area (Å²) in [4.78, 5) is 9.18. The highest BCUT2D eigenvalue weighted by Gasteiger charge is 2.42. The molecule has 3 N–H and O–H groups in total. The molecule has 2 aliphatic heterocycles. The molecule has 0 bridgehead atoms. The Morgan fingerprint density at radius 1 is 1.30 bits per heavy atom. The van der Waals surface area contributed by atoms with Crippen molar-refractivity contribution < 1.29 is 14.3 Å². The van der Waals surface area contributed by atoms with E-state index in [0.717, 1.165) is 16.8 Å². The highest BCUT2D eigenvalue weighted by atomic mass is 28.4. The van der Waals surface area contributed by atoms with Crippen molar-refractivity contribution in [2.45, 2.75) is 64.7 Å². The molecule has 3 aromatic rings. The number of aliphatic hydroxyl groups excluding tert-OH is 1. The predicted octanol–water partition coefficient (Wildman–Crippen LogP) is 5.05. The van der Waals surface area contributed by atoms with Crippen molar-refractivity contribution in [3.8, 4) is 23.2 Å². The smallest absolute Gasteiger partial charge is 0.236 e. The molecule has 11 heteroatoms. The number of fused-ring (bicyclic) bond motifs is 2. The number of hydrogen-bond donors (Lipinski definition) is 3. The fourth-order valence-corrected chi connectivity index (χ4v) is 5.89. The summed E-state index contributed by atoms with van der Waals surface area (Å²) < 4.78 is 14.3. The molecule has 0 fully saturated rings. The number of ether oxygens (including phenoxy) is 1. The average molecular weight is 562 g/mol. The summed E-state index contributed by atoms with van der Waals surface area (Å²) in [7, 11) is -1.95. The number of nitrogens with zero attached hydrogens (tertiary/aromatic N) is 5. The molecule has 2 atom stereocenters. The molecule has 0 amide bonds. The number of aromatic nitrogens is 4. The largest absolute Gasteiger partial charge is 0.476 e. The number of hydrogen-bond acceptors (Lipinski definition) is 9. The minimum atomic E-state index is -1.95. The van der Waals surface area contributed by atoms with Crippen LogP contribution in [0.2, 0.25) is 18.1 Å². The minimum Gasteiger partial charge on any atom is -0.476 e. The second kappa shape index (κ2) is 9.87. The maximum absolute atomic E-state index is 10.0. The molecule has 212 valence electrons. The van der Waals surface area contributed by atoms with E-state index in [1.54, 1.807) is 17.1 Å². The second-order valence-corrected chi connectivity index (χ2v) is 18.0. The van der Waals surface area contributed by atoms with E-state index in [1.165, 1.54) is 0 Å².